The number of aromatic nitrogens is 1. The Labute approximate surface area is 120 Å². The van der Waals surface area contributed by atoms with Crippen molar-refractivity contribution in [1.82, 2.24) is 4.98 Å². The van der Waals surface area contributed by atoms with Crippen molar-refractivity contribution in [3.8, 4) is 0 Å². The van der Waals surface area contributed by atoms with Crippen LogP contribution >= 0.6 is 0 Å². The second-order valence-corrected chi connectivity index (χ2v) is 5.73. The molecule has 2 aromatic rings. The maximum Gasteiger partial charge on any atom is 0.0451 e. The number of hydrogen-bond acceptors (Lipinski definition) is 3. The van der Waals surface area contributed by atoms with Crippen LogP contribution in [0.15, 0.2) is 30.6 Å². The molecule has 1 unspecified atom stereocenters. The number of nitrogens with two attached hydrogens (primary N) is 1. The molecule has 3 nitrogen and oxygen atoms in total. The quantitative estimate of drug-likeness (QED) is 0.857. The van der Waals surface area contributed by atoms with E-state index in [0.29, 0.717) is 6.04 Å². The number of hydrogen-bond donors (Lipinski definition) is 1. The third-order valence-corrected chi connectivity index (χ3v) is 4.39. The first-order valence-electron chi connectivity index (χ1n) is 7.70. The molecule has 106 valence electrons. The molecule has 2 N–H and O–H groups in total. The molecule has 20 heavy (non-hydrogen) atoms. The minimum Gasteiger partial charge on any atom is -0.398 e. The van der Waals surface area contributed by atoms with Crippen LogP contribution in [0.25, 0.3) is 10.8 Å². The van der Waals surface area contributed by atoms with E-state index in [-0.39, 0.29) is 0 Å². The van der Waals surface area contributed by atoms with Gasteiger partial charge in [0.15, 0.2) is 0 Å². The van der Waals surface area contributed by atoms with E-state index >= 15 is 0 Å². The zero-order valence-electron chi connectivity index (χ0n) is 12.2. The fourth-order valence-corrected chi connectivity index (χ4v) is 3.40. The summed E-state index contributed by atoms with van der Waals surface area (Å²) in [4.78, 5) is 6.81. The highest BCUT2D eigenvalue weighted by molar-refractivity contribution is 6.00. The summed E-state index contributed by atoms with van der Waals surface area (Å²) < 4.78 is 0. The largest absolute Gasteiger partial charge is 0.398 e. The fourth-order valence-electron chi connectivity index (χ4n) is 3.40. The van der Waals surface area contributed by atoms with Crippen molar-refractivity contribution in [2.75, 3.05) is 17.2 Å². The van der Waals surface area contributed by atoms with Gasteiger partial charge in [0.1, 0.15) is 0 Å². The highest BCUT2D eigenvalue weighted by atomic mass is 15.2. The highest BCUT2D eigenvalue weighted by Crippen LogP contribution is 2.34. The molecule has 1 aliphatic heterocycles. The average molecular weight is 269 g/mol. The molecule has 2 heterocycles. The first-order valence-corrected chi connectivity index (χ1v) is 7.70. The number of rotatable bonds is 3. The summed E-state index contributed by atoms with van der Waals surface area (Å²) in [5, 5.41) is 2.31. The molecule has 1 fully saturated rings. The molecular formula is C17H23N3. The Morgan fingerprint density at radius 3 is 3.00 bits per heavy atom. The molecular weight excluding hydrogens is 246 g/mol. The summed E-state index contributed by atoms with van der Waals surface area (Å²) >= 11 is 0. The van der Waals surface area contributed by atoms with Crippen molar-refractivity contribution in [3.63, 3.8) is 0 Å². The van der Waals surface area contributed by atoms with E-state index in [0.717, 1.165) is 17.6 Å². The Bertz CT molecular complexity index is 592. The van der Waals surface area contributed by atoms with Gasteiger partial charge in [0.2, 0.25) is 0 Å². The zero-order valence-corrected chi connectivity index (χ0v) is 12.2. The second kappa shape index (κ2) is 5.70. The van der Waals surface area contributed by atoms with Gasteiger partial charge < -0.3 is 10.6 Å². The van der Waals surface area contributed by atoms with Crippen molar-refractivity contribution in [2.45, 2.75) is 45.1 Å². The van der Waals surface area contributed by atoms with Crippen molar-refractivity contribution >= 4 is 22.1 Å². The number of piperidine rings is 1. The van der Waals surface area contributed by atoms with Gasteiger partial charge in [-0.15, -0.1) is 0 Å². The first kappa shape index (κ1) is 13.2. The number of fused-ring (bicyclic) bond motifs is 1. The van der Waals surface area contributed by atoms with Gasteiger partial charge in [-0.05, 0) is 43.9 Å². The minimum absolute atomic E-state index is 0.675. The molecule has 0 bridgehead atoms. The van der Waals surface area contributed by atoms with E-state index in [9.17, 15) is 0 Å². The molecule has 0 spiro atoms. The van der Waals surface area contributed by atoms with Gasteiger partial charge in [-0.1, -0.05) is 13.3 Å². The molecule has 3 rings (SSSR count). The zero-order chi connectivity index (χ0) is 13.9. The molecule has 0 aliphatic carbocycles. The van der Waals surface area contributed by atoms with E-state index in [1.165, 1.54) is 43.2 Å². The van der Waals surface area contributed by atoms with Crippen LogP contribution in [0.5, 0.6) is 0 Å². The van der Waals surface area contributed by atoms with E-state index in [1.54, 1.807) is 0 Å². The summed E-state index contributed by atoms with van der Waals surface area (Å²) in [5.74, 6) is 0. The summed E-state index contributed by atoms with van der Waals surface area (Å²) in [6, 6.07) is 6.98. The van der Waals surface area contributed by atoms with Crippen LogP contribution in [0.2, 0.25) is 0 Å². The molecule has 1 aliphatic rings. The third kappa shape index (κ3) is 2.33. The summed E-state index contributed by atoms with van der Waals surface area (Å²) in [7, 11) is 0. The Balaban J connectivity index is 2.06. The molecule has 0 radical (unpaired) electrons. The lowest BCUT2D eigenvalue weighted by molar-refractivity contribution is 0.435. The minimum atomic E-state index is 0.675. The molecule has 1 saturated heterocycles. The lowest BCUT2D eigenvalue weighted by Crippen LogP contribution is -2.39. The van der Waals surface area contributed by atoms with Crippen molar-refractivity contribution < 1.29 is 0 Å². The van der Waals surface area contributed by atoms with Gasteiger partial charge in [-0.2, -0.15) is 0 Å². The number of benzene rings is 1. The molecule has 0 saturated carbocycles. The van der Waals surface area contributed by atoms with Crippen LogP contribution in [0.4, 0.5) is 11.4 Å². The Hall–Kier alpha value is -1.77. The summed E-state index contributed by atoms with van der Waals surface area (Å²) in [6.07, 6.45) is 10.2. The molecule has 1 aromatic carbocycles. The van der Waals surface area contributed by atoms with Crippen LogP contribution in [0, 0.1) is 0 Å². The molecule has 1 atom stereocenters. The van der Waals surface area contributed by atoms with Crippen LogP contribution in [0.3, 0.4) is 0 Å². The first-order chi connectivity index (χ1) is 9.81. The van der Waals surface area contributed by atoms with Gasteiger partial charge in [0.25, 0.3) is 0 Å². The van der Waals surface area contributed by atoms with Gasteiger partial charge in [-0.25, -0.2) is 0 Å². The maximum atomic E-state index is 6.09. The van der Waals surface area contributed by atoms with Crippen LogP contribution < -0.4 is 10.6 Å². The average Bonchev–Trinajstić information content (AvgIpc) is 2.49. The Morgan fingerprint density at radius 1 is 1.25 bits per heavy atom. The third-order valence-electron chi connectivity index (χ3n) is 4.39. The lowest BCUT2D eigenvalue weighted by Gasteiger charge is -2.38. The van der Waals surface area contributed by atoms with E-state index in [4.69, 9.17) is 5.73 Å². The molecule has 0 amide bonds. The highest BCUT2D eigenvalue weighted by Gasteiger charge is 2.23. The van der Waals surface area contributed by atoms with E-state index in [1.807, 2.05) is 18.5 Å². The summed E-state index contributed by atoms with van der Waals surface area (Å²) in [5.41, 5.74) is 8.24. The van der Waals surface area contributed by atoms with E-state index in [2.05, 4.69) is 28.9 Å². The van der Waals surface area contributed by atoms with Crippen LogP contribution in [-0.4, -0.2) is 17.6 Å². The molecule has 3 heteroatoms. The maximum absolute atomic E-state index is 6.09. The number of anilines is 2. The van der Waals surface area contributed by atoms with Gasteiger partial charge >= 0.3 is 0 Å². The van der Waals surface area contributed by atoms with Crippen LogP contribution in [-0.2, 0) is 0 Å². The number of pyridine rings is 1. The predicted molar refractivity (Wildman–Crippen MR) is 86.0 cm³/mol. The normalized spacial score (nSPS) is 19.4. The van der Waals surface area contributed by atoms with Crippen molar-refractivity contribution in [1.29, 1.82) is 0 Å². The lowest BCUT2D eigenvalue weighted by atomic mass is 9.96. The smallest absolute Gasteiger partial charge is 0.0451 e. The van der Waals surface area contributed by atoms with Gasteiger partial charge in [-0.3, -0.25) is 4.98 Å². The second-order valence-electron chi connectivity index (χ2n) is 5.73. The summed E-state index contributed by atoms with van der Waals surface area (Å²) in [6.45, 7) is 3.43. The fraction of sp³-hybridized carbons (Fsp3) is 0.471. The topological polar surface area (TPSA) is 42.1 Å². The van der Waals surface area contributed by atoms with Gasteiger partial charge in [0.05, 0.1) is 0 Å². The Morgan fingerprint density at radius 2 is 2.15 bits per heavy atom. The predicted octanol–water partition coefficient (Wildman–Crippen LogP) is 3.98. The molecule has 1 aromatic heterocycles. The number of nitrogens with zero attached hydrogens (tertiary/aromatic N) is 2. The Kier molecular flexibility index (Phi) is 3.77. The standard InChI is InChI=1S/C17H23N3/c1-2-5-13-6-3-4-11-20(13)17-8-7-16(18)15-12-19-10-9-14(15)17/h7-10,12-13H,2-6,11,18H2,1H3. The van der Waals surface area contributed by atoms with Crippen molar-refractivity contribution in [2.24, 2.45) is 0 Å². The van der Waals surface area contributed by atoms with E-state index < -0.39 is 0 Å². The van der Waals surface area contributed by atoms with Crippen LogP contribution in [0.1, 0.15) is 39.0 Å². The number of nitrogen functional groups attached to an aromatic ring is 1. The monoisotopic (exact) mass is 269 g/mol. The van der Waals surface area contributed by atoms with Crippen molar-refractivity contribution in [3.05, 3.63) is 30.6 Å². The SMILES string of the molecule is CCCC1CCCCN1c1ccc(N)c2cnccc12. The van der Waals surface area contributed by atoms with Gasteiger partial charge in [0, 0.05) is 47.1 Å².